The fourth-order valence-corrected chi connectivity index (χ4v) is 2.13. The minimum atomic E-state index is -0.956. The minimum Gasteiger partial charge on any atom is -0.494 e. The van der Waals surface area contributed by atoms with Gasteiger partial charge in [0.2, 0.25) is 0 Å². The standard InChI is InChI=1S/C19H20ClNO5/c1-3-24-16-10-6-15(7-11-16)21-19(23)13(2)26-18(22)12-25-17-8-4-14(20)5-9-17/h4-11,13H,3,12H2,1-2H3,(H,21,23)/t13-/m1/s1. The van der Waals surface area contributed by atoms with Crippen LogP contribution in [0, 0.1) is 0 Å². The third-order valence-corrected chi connectivity index (χ3v) is 3.53. The molecule has 2 aromatic carbocycles. The van der Waals surface area contributed by atoms with Crippen molar-refractivity contribution in [2.45, 2.75) is 20.0 Å². The van der Waals surface area contributed by atoms with Crippen LogP contribution in [-0.4, -0.2) is 31.2 Å². The SMILES string of the molecule is CCOc1ccc(NC(=O)[C@@H](C)OC(=O)COc2ccc(Cl)cc2)cc1. The molecule has 6 nitrogen and oxygen atoms in total. The summed E-state index contributed by atoms with van der Waals surface area (Å²) >= 11 is 5.77. The second kappa shape index (κ2) is 9.68. The normalized spacial score (nSPS) is 11.3. The average Bonchev–Trinajstić information content (AvgIpc) is 2.63. The zero-order valence-corrected chi connectivity index (χ0v) is 15.3. The summed E-state index contributed by atoms with van der Waals surface area (Å²) < 4.78 is 15.7. The van der Waals surface area contributed by atoms with Gasteiger partial charge < -0.3 is 19.5 Å². The Bertz CT molecular complexity index is 731. The van der Waals surface area contributed by atoms with E-state index in [1.165, 1.54) is 6.92 Å². The Morgan fingerprint density at radius 2 is 1.58 bits per heavy atom. The van der Waals surface area contributed by atoms with Gasteiger partial charge in [0.25, 0.3) is 5.91 Å². The molecular formula is C19H20ClNO5. The zero-order chi connectivity index (χ0) is 18.9. The van der Waals surface area contributed by atoms with Gasteiger partial charge in [-0.15, -0.1) is 0 Å². The minimum absolute atomic E-state index is 0.303. The van der Waals surface area contributed by atoms with Gasteiger partial charge in [0.1, 0.15) is 11.5 Å². The third-order valence-electron chi connectivity index (χ3n) is 3.28. The van der Waals surface area contributed by atoms with Gasteiger partial charge in [-0.2, -0.15) is 0 Å². The van der Waals surface area contributed by atoms with Gasteiger partial charge in [0.05, 0.1) is 6.61 Å². The molecule has 1 atom stereocenters. The highest BCUT2D eigenvalue weighted by molar-refractivity contribution is 6.30. The van der Waals surface area contributed by atoms with Crippen LogP contribution in [0.4, 0.5) is 5.69 Å². The number of rotatable bonds is 8. The molecule has 0 aliphatic carbocycles. The molecule has 0 aliphatic heterocycles. The lowest BCUT2D eigenvalue weighted by Crippen LogP contribution is -2.31. The molecule has 0 radical (unpaired) electrons. The molecule has 0 saturated heterocycles. The van der Waals surface area contributed by atoms with Gasteiger partial charge in [-0.1, -0.05) is 11.6 Å². The highest BCUT2D eigenvalue weighted by Gasteiger charge is 2.18. The van der Waals surface area contributed by atoms with Gasteiger partial charge in [-0.05, 0) is 62.4 Å². The van der Waals surface area contributed by atoms with E-state index in [0.29, 0.717) is 28.8 Å². The van der Waals surface area contributed by atoms with Crippen molar-refractivity contribution < 1.29 is 23.8 Å². The maximum absolute atomic E-state index is 12.1. The summed E-state index contributed by atoms with van der Waals surface area (Å²) in [6.07, 6.45) is -0.956. The number of carbonyl (C=O) groups excluding carboxylic acids is 2. The molecule has 2 aromatic rings. The summed E-state index contributed by atoms with van der Waals surface area (Å²) in [4.78, 5) is 23.9. The first-order chi connectivity index (χ1) is 12.5. The van der Waals surface area contributed by atoms with Gasteiger partial charge in [-0.3, -0.25) is 4.79 Å². The van der Waals surface area contributed by atoms with Crippen molar-refractivity contribution in [2.24, 2.45) is 0 Å². The summed E-state index contributed by atoms with van der Waals surface area (Å²) in [7, 11) is 0. The molecule has 0 aliphatic rings. The first kappa shape index (κ1) is 19.6. The molecule has 1 N–H and O–H groups in total. The third kappa shape index (κ3) is 6.29. The number of hydrogen-bond donors (Lipinski definition) is 1. The molecule has 0 aromatic heterocycles. The van der Waals surface area contributed by atoms with Crippen molar-refractivity contribution in [3.05, 3.63) is 53.6 Å². The number of anilines is 1. The molecule has 138 valence electrons. The Kier molecular flexibility index (Phi) is 7.29. The lowest BCUT2D eigenvalue weighted by molar-refractivity contribution is -0.155. The van der Waals surface area contributed by atoms with Crippen LogP contribution in [-0.2, 0) is 14.3 Å². The predicted octanol–water partition coefficient (Wildman–Crippen LogP) is 3.69. The predicted molar refractivity (Wildman–Crippen MR) is 98.7 cm³/mol. The summed E-state index contributed by atoms with van der Waals surface area (Å²) in [5, 5.41) is 3.24. The quantitative estimate of drug-likeness (QED) is 0.710. The number of carbonyl (C=O) groups is 2. The van der Waals surface area contributed by atoms with Crippen molar-refractivity contribution in [1.82, 2.24) is 0 Å². The van der Waals surface area contributed by atoms with E-state index in [0.717, 1.165) is 0 Å². The number of halogens is 1. The molecule has 7 heteroatoms. The smallest absolute Gasteiger partial charge is 0.344 e. The summed E-state index contributed by atoms with van der Waals surface area (Å²) in [5.74, 6) is 0.116. The van der Waals surface area contributed by atoms with Crippen LogP contribution < -0.4 is 14.8 Å². The van der Waals surface area contributed by atoms with E-state index in [1.54, 1.807) is 48.5 Å². The van der Waals surface area contributed by atoms with Crippen molar-refractivity contribution in [2.75, 3.05) is 18.5 Å². The summed E-state index contributed by atoms with van der Waals surface area (Å²) in [6, 6.07) is 13.5. The molecule has 0 heterocycles. The van der Waals surface area contributed by atoms with E-state index < -0.39 is 18.0 Å². The summed E-state index contributed by atoms with van der Waals surface area (Å²) in [6.45, 7) is 3.64. The number of nitrogens with one attached hydrogen (secondary N) is 1. The van der Waals surface area contributed by atoms with Crippen LogP contribution in [0.3, 0.4) is 0 Å². The van der Waals surface area contributed by atoms with Gasteiger partial charge >= 0.3 is 5.97 Å². The highest BCUT2D eigenvalue weighted by atomic mass is 35.5. The molecule has 1 amide bonds. The van der Waals surface area contributed by atoms with E-state index in [1.807, 2.05) is 6.92 Å². The Morgan fingerprint density at radius 3 is 2.19 bits per heavy atom. The highest BCUT2D eigenvalue weighted by Crippen LogP contribution is 2.17. The molecule has 0 unspecified atom stereocenters. The molecule has 2 rings (SSSR count). The Balaban J connectivity index is 1.78. The maximum Gasteiger partial charge on any atom is 0.344 e. The summed E-state index contributed by atoms with van der Waals surface area (Å²) in [5.41, 5.74) is 0.582. The first-order valence-electron chi connectivity index (χ1n) is 8.09. The lowest BCUT2D eigenvalue weighted by Gasteiger charge is -2.14. The Morgan fingerprint density at radius 1 is 1.00 bits per heavy atom. The van der Waals surface area contributed by atoms with E-state index in [2.05, 4.69) is 5.32 Å². The monoisotopic (exact) mass is 377 g/mol. The van der Waals surface area contributed by atoms with Crippen molar-refractivity contribution >= 4 is 29.2 Å². The van der Waals surface area contributed by atoms with Crippen molar-refractivity contribution in [3.63, 3.8) is 0 Å². The second-order valence-corrected chi connectivity index (χ2v) is 5.76. The Hall–Kier alpha value is -2.73. The number of ether oxygens (including phenoxy) is 3. The second-order valence-electron chi connectivity index (χ2n) is 5.32. The first-order valence-corrected chi connectivity index (χ1v) is 8.47. The van der Waals surface area contributed by atoms with E-state index in [4.69, 9.17) is 25.8 Å². The zero-order valence-electron chi connectivity index (χ0n) is 14.5. The van der Waals surface area contributed by atoms with E-state index >= 15 is 0 Å². The van der Waals surface area contributed by atoms with Crippen LogP contribution in [0.25, 0.3) is 0 Å². The fraction of sp³-hybridized carbons (Fsp3) is 0.263. The van der Waals surface area contributed by atoms with Gasteiger partial charge in [0, 0.05) is 10.7 Å². The lowest BCUT2D eigenvalue weighted by atomic mass is 10.3. The molecule has 0 saturated carbocycles. The average molecular weight is 378 g/mol. The molecular weight excluding hydrogens is 358 g/mol. The van der Waals surface area contributed by atoms with E-state index in [-0.39, 0.29) is 6.61 Å². The van der Waals surface area contributed by atoms with Crippen LogP contribution in [0.1, 0.15) is 13.8 Å². The fourth-order valence-electron chi connectivity index (χ4n) is 2.00. The Labute approximate surface area is 157 Å². The van der Waals surface area contributed by atoms with Crippen LogP contribution in [0.5, 0.6) is 11.5 Å². The van der Waals surface area contributed by atoms with E-state index in [9.17, 15) is 9.59 Å². The largest absolute Gasteiger partial charge is 0.494 e. The molecule has 26 heavy (non-hydrogen) atoms. The van der Waals surface area contributed by atoms with Gasteiger partial charge in [0.15, 0.2) is 12.7 Å². The number of esters is 1. The number of amides is 1. The molecule has 0 bridgehead atoms. The molecule has 0 spiro atoms. The van der Waals surface area contributed by atoms with Crippen LogP contribution in [0.15, 0.2) is 48.5 Å². The van der Waals surface area contributed by atoms with Crippen molar-refractivity contribution in [3.8, 4) is 11.5 Å². The van der Waals surface area contributed by atoms with Crippen LogP contribution in [0.2, 0.25) is 5.02 Å². The topological polar surface area (TPSA) is 73.9 Å². The van der Waals surface area contributed by atoms with Gasteiger partial charge in [-0.25, -0.2) is 4.79 Å². The molecule has 0 fully saturated rings. The maximum atomic E-state index is 12.1. The van der Waals surface area contributed by atoms with Crippen LogP contribution >= 0.6 is 11.6 Å². The van der Waals surface area contributed by atoms with Crippen molar-refractivity contribution in [1.29, 1.82) is 0 Å². The number of hydrogen-bond acceptors (Lipinski definition) is 5. The number of benzene rings is 2.